The number of aryl methyl sites for hydroxylation is 1. The molecule has 0 aliphatic rings. The average molecular weight is 347 g/mol. The Labute approximate surface area is 152 Å². The number of nitrogens with zero attached hydrogens (tertiary/aromatic N) is 1. The monoisotopic (exact) mass is 347 g/mol. The molecular weight excluding hydrogens is 326 g/mol. The third-order valence-electron chi connectivity index (χ3n) is 4.13. The highest BCUT2D eigenvalue weighted by Crippen LogP contribution is 2.18. The number of hydrogen-bond donors (Lipinski definition) is 2. The molecule has 2 aromatic carbocycles. The van der Waals surface area contributed by atoms with Crippen molar-refractivity contribution in [3.63, 3.8) is 0 Å². The first kappa shape index (κ1) is 17.6. The lowest BCUT2D eigenvalue weighted by Gasteiger charge is -2.09. The molecule has 0 atom stereocenters. The van der Waals surface area contributed by atoms with Crippen molar-refractivity contribution in [2.45, 2.75) is 13.3 Å². The zero-order chi connectivity index (χ0) is 18.4. The normalized spacial score (nSPS) is 10.5. The topological polar surface area (TPSA) is 71.1 Å². The third-order valence-corrected chi connectivity index (χ3v) is 4.13. The second-order valence-electron chi connectivity index (χ2n) is 6.08. The molecule has 0 unspecified atom stereocenters. The van der Waals surface area contributed by atoms with E-state index in [-0.39, 0.29) is 11.8 Å². The molecule has 5 heteroatoms. The fourth-order valence-electron chi connectivity index (χ4n) is 2.72. The van der Waals surface area contributed by atoms with Gasteiger partial charge in [-0.05, 0) is 42.3 Å². The van der Waals surface area contributed by atoms with Gasteiger partial charge in [0.1, 0.15) is 0 Å². The summed E-state index contributed by atoms with van der Waals surface area (Å²) in [4.78, 5) is 28.5. The maximum atomic E-state index is 12.4. The second kappa shape index (κ2) is 8.25. The van der Waals surface area contributed by atoms with Gasteiger partial charge in [-0.25, -0.2) is 0 Å². The van der Waals surface area contributed by atoms with Crippen LogP contribution in [0.1, 0.15) is 32.8 Å². The van der Waals surface area contributed by atoms with E-state index in [4.69, 9.17) is 0 Å². The van der Waals surface area contributed by atoms with Crippen LogP contribution in [0.3, 0.4) is 0 Å². The van der Waals surface area contributed by atoms with Crippen LogP contribution in [0.15, 0.2) is 60.8 Å². The molecule has 0 aliphatic heterocycles. The molecule has 26 heavy (non-hydrogen) atoms. The number of aromatic nitrogens is 1. The molecular formula is C21H21N3O2. The lowest BCUT2D eigenvalue weighted by Crippen LogP contribution is -2.30. The van der Waals surface area contributed by atoms with Gasteiger partial charge in [0.25, 0.3) is 11.8 Å². The number of pyridine rings is 1. The van der Waals surface area contributed by atoms with Gasteiger partial charge in [0.15, 0.2) is 0 Å². The Bertz CT molecular complexity index is 915. The van der Waals surface area contributed by atoms with Crippen LogP contribution in [0.2, 0.25) is 0 Å². The molecule has 0 fully saturated rings. The summed E-state index contributed by atoms with van der Waals surface area (Å²) in [6, 6.07) is 17.1. The van der Waals surface area contributed by atoms with E-state index in [2.05, 4.69) is 15.6 Å². The first-order valence-corrected chi connectivity index (χ1v) is 8.62. The molecule has 0 saturated heterocycles. The molecule has 2 N–H and O–H groups in total. The molecule has 0 saturated carbocycles. The van der Waals surface area contributed by atoms with Crippen molar-refractivity contribution in [3.05, 3.63) is 77.6 Å². The molecule has 1 aromatic heterocycles. The molecule has 0 spiro atoms. The van der Waals surface area contributed by atoms with Crippen LogP contribution in [-0.2, 0) is 0 Å². The van der Waals surface area contributed by atoms with E-state index in [1.807, 2.05) is 49.4 Å². The van der Waals surface area contributed by atoms with Gasteiger partial charge in [0.2, 0.25) is 0 Å². The van der Waals surface area contributed by atoms with Gasteiger partial charge in [-0.15, -0.1) is 0 Å². The van der Waals surface area contributed by atoms with Crippen LogP contribution in [0.25, 0.3) is 10.8 Å². The van der Waals surface area contributed by atoms with Gasteiger partial charge in [-0.1, -0.05) is 36.4 Å². The highest BCUT2D eigenvalue weighted by atomic mass is 16.2. The lowest BCUT2D eigenvalue weighted by atomic mass is 10.0. The van der Waals surface area contributed by atoms with Crippen molar-refractivity contribution in [1.82, 2.24) is 15.6 Å². The minimum absolute atomic E-state index is 0.101. The maximum absolute atomic E-state index is 12.4. The number of carbonyl (C=O) groups excluding carboxylic acids is 2. The first-order valence-electron chi connectivity index (χ1n) is 8.62. The minimum atomic E-state index is -0.155. The Balaban J connectivity index is 1.47. The van der Waals surface area contributed by atoms with E-state index in [1.165, 1.54) is 0 Å². The minimum Gasteiger partial charge on any atom is -0.352 e. The Hall–Kier alpha value is -3.21. The van der Waals surface area contributed by atoms with Crippen LogP contribution in [0.5, 0.6) is 0 Å². The maximum Gasteiger partial charge on any atom is 0.252 e. The fourth-order valence-corrected chi connectivity index (χ4v) is 2.72. The predicted octanol–water partition coefficient (Wildman–Crippen LogP) is 3.09. The number of fused-ring (bicyclic) bond motifs is 1. The summed E-state index contributed by atoms with van der Waals surface area (Å²) >= 11 is 0. The summed E-state index contributed by atoms with van der Waals surface area (Å²) in [5.74, 6) is -0.256. The Morgan fingerprint density at radius 1 is 0.885 bits per heavy atom. The molecule has 0 radical (unpaired) electrons. The number of rotatable bonds is 6. The van der Waals surface area contributed by atoms with Crippen molar-refractivity contribution in [1.29, 1.82) is 0 Å². The van der Waals surface area contributed by atoms with Crippen molar-refractivity contribution in [2.24, 2.45) is 0 Å². The van der Waals surface area contributed by atoms with E-state index >= 15 is 0 Å². The summed E-state index contributed by atoms with van der Waals surface area (Å²) in [6.07, 6.45) is 2.22. The number of hydrogen-bond acceptors (Lipinski definition) is 3. The molecule has 2 amide bonds. The summed E-state index contributed by atoms with van der Waals surface area (Å²) in [6.45, 7) is 2.86. The van der Waals surface area contributed by atoms with Gasteiger partial charge >= 0.3 is 0 Å². The van der Waals surface area contributed by atoms with Crippen LogP contribution >= 0.6 is 0 Å². The van der Waals surface area contributed by atoms with Crippen LogP contribution in [-0.4, -0.2) is 29.9 Å². The molecule has 0 aliphatic carbocycles. The number of carbonyl (C=O) groups is 2. The summed E-state index contributed by atoms with van der Waals surface area (Å²) in [7, 11) is 0. The number of nitrogens with one attached hydrogen (secondary N) is 2. The smallest absolute Gasteiger partial charge is 0.252 e. The Morgan fingerprint density at radius 2 is 1.62 bits per heavy atom. The zero-order valence-electron chi connectivity index (χ0n) is 14.7. The molecule has 5 nitrogen and oxygen atoms in total. The standard InChI is InChI=1S/C21H21N3O2/c1-15-10-11-17(14-24-15)20(25)22-12-5-13-23-21(26)19-9-4-7-16-6-2-3-8-18(16)19/h2-4,6-11,14H,5,12-13H2,1H3,(H,22,25)(H,23,26). The van der Waals surface area contributed by atoms with E-state index in [9.17, 15) is 9.59 Å². The van der Waals surface area contributed by atoms with Gasteiger partial charge in [0.05, 0.1) is 5.56 Å². The molecule has 3 rings (SSSR count). The van der Waals surface area contributed by atoms with Gasteiger partial charge in [-0.3, -0.25) is 14.6 Å². The SMILES string of the molecule is Cc1ccc(C(=O)NCCCNC(=O)c2cccc3ccccc23)cn1. The third kappa shape index (κ3) is 4.25. The largest absolute Gasteiger partial charge is 0.352 e. The van der Waals surface area contributed by atoms with E-state index in [0.717, 1.165) is 16.5 Å². The fraction of sp³-hybridized carbons (Fsp3) is 0.190. The van der Waals surface area contributed by atoms with Crippen molar-refractivity contribution in [2.75, 3.05) is 13.1 Å². The summed E-state index contributed by atoms with van der Waals surface area (Å²) in [5, 5.41) is 7.72. The zero-order valence-corrected chi connectivity index (χ0v) is 14.7. The molecule has 132 valence electrons. The van der Waals surface area contributed by atoms with E-state index in [0.29, 0.717) is 30.6 Å². The van der Waals surface area contributed by atoms with Crippen LogP contribution in [0.4, 0.5) is 0 Å². The Kier molecular flexibility index (Phi) is 5.59. The number of amides is 2. The van der Waals surface area contributed by atoms with E-state index < -0.39 is 0 Å². The van der Waals surface area contributed by atoms with Crippen LogP contribution < -0.4 is 10.6 Å². The van der Waals surface area contributed by atoms with E-state index in [1.54, 1.807) is 18.3 Å². The van der Waals surface area contributed by atoms with Crippen molar-refractivity contribution < 1.29 is 9.59 Å². The summed E-state index contributed by atoms with van der Waals surface area (Å²) in [5.41, 5.74) is 2.07. The highest BCUT2D eigenvalue weighted by Gasteiger charge is 2.09. The second-order valence-corrected chi connectivity index (χ2v) is 6.08. The summed E-state index contributed by atoms with van der Waals surface area (Å²) < 4.78 is 0. The lowest BCUT2D eigenvalue weighted by molar-refractivity contribution is 0.0952. The van der Waals surface area contributed by atoms with Gasteiger partial charge < -0.3 is 10.6 Å². The predicted molar refractivity (Wildman–Crippen MR) is 102 cm³/mol. The highest BCUT2D eigenvalue weighted by molar-refractivity contribution is 6.07. The first-order chi connectivity index (χ1) is 12.6. The Morgan fingerprint density at radius 3 is 2.38 bits per heavy atom. The molecule has 0 bridgehead atoms. The molecule has 3 aromatic rings. The average Bonchev–Trinajstić information content (AvgIpc) is 2.67. The van der Waals surface area contributed by atoms with Gasteiger partial charge in [0, 0.05) is 30.5 Å². The quantitative estimate of drug-likeness (QED) is 0.673. The number of benzene rings is 2. The van der Waals surface area contributed by atoms with Crippen LogP contribution in [0, 0.1) is 6.92 Å². The van der Waals surface area contributed by atoms with Gasteiger partial charge in [-0.2, -0.15) is 0 Å². The molecule has 1 heterocycles. The van der Waals surface area contributed by atoms with Crippen molar-refractivity contribution >= 4 is 22.6 Å². The van der Waals surface area contributed by atoms with Crippen molar-refractivity contribution in [3.8, 4) is 0 Å².